The maximum Gasteiger partial charge on any atom is 0.183 e. The molecule has 0 amide bonds. The summed E-state index contributed by atoms with van der Waals surface area (Å²) in [5, 5.41) is 3.47. The number of hydrogen-bond acceptors (Lipinski definition) is 2. The van der Waals surface area contributed by atoms with Crippen LogP contribution in [0.3, 0.4) is 0 Å². The molecule has 2 heteroatoms. The molecule has 0 spiro atoms. The van der Waals surface area contributed by atoms with E-state index in [1.54, 1.807) is 0 Å². The lowest BCUT2D eigenvalue weighted by atomic mass is 9.82. The third-order valence-corrected chi connectivity index (χ3v) is 4.06. The molecule has 1 heterocycles. The monoisotopic (exact) mass is 265 g/mol. The summed E-state index contributed by atoms with van der Waals surface area (Å²) in [4.78, 5) is 12.9. The van der Waals surface area contributed by atoms with Crippen LogP contribution in [0.25, 0.3) is 0 Å². The predicted molar refractivity (Wildman–Crippen MR) is 80.9 cm³/mol. The number of hydrogen-bond donors (Lipinski definition) is 1. The molecule has 1 fully saturated rings. The van der Waals surface area contributed by atoms with Gasteiger partial charge in [0.1, 0.15) is 0 Å². The van der Waals surface area contributed by atoms with Crippen molar-refractivity contribution in [2.24, 2.45) is 0 Å². The minimum absolute atomic E-state index is 0.222. The molecule has 102 valence electrons. The Bertz CT molecular complexity index is 571. The largest absolute Gasteiger partial charge is 0.304 e. The van der Waals surface area contributed by atoms with Crippen molar-refractivity contribution in [3.05, 3.63) is 71.8 Å². The first-order valence-electron chi connectivity index (χ1n) is 7.19. The Morgan fingerprint density at radius 1 is 1.00 bits per heavy atom. The highest BCUT2D eigenvalue weighted by Gasteiger charge is 2.40. The molecule has 1 aliphatic rings. The Labute approximate surface area is 119 Å². The predicted octanol–water partition coefficient (Wildman–Crippen LogP) is 3.23. The molecule has 0 unspecified atom stereocenters. The van der Waals surface area contributed by atoms with E-state index in [-0.39, 0.29) is 5.78 Å². The lowest BCUT2D eigenvalue weighted by Crippen LogP contribution is -2.49. The summed E-state index contributed by atoms with van der Waals surface area (Å²) >= 11 is 0. The number of carbonyl (C=O) groups excluding carboxylic acids is 1. The van der Waals surface area contributed by atoms with E-state index in [9.17, 15) is 4.79 Å². The molecular formula is C18H19NO. The van der Waals surface area contributed by atoms with Crippen LogP contribution in [0.2, 0.25) is 0 Å². The summed E-state index contributed by atoms with van der Waals surface area (Å²) in [6, 6.07) is 19.9. The number of benzene rings is 2. The van der Waals surface area contributed by atoms with Crippen molar-refractivity contribution in [2.45, 2.75) is 24.8 Å². The van der Waals surface area contributed by atoms with Crippen molar-refractivity contribution >= 4 is 5.78 Å². The standard InChI is InChI=1S/C18H19NO/c20-17(16-10-5-2-6-11-16)18(12-7-13-19-18)14-15-8-3-1-4-9-15/h1-6,8-11,19H,7,12-14H2/t18-/m1/s1. The van der Waals surface area contributed by atoms with Crippen LogP contribution in [0.4, 0.5) is 0 Å². The van der Waals surface area contributed by atoms with Crippen molar-refractivity contribution in [3.8, 4) is 0 Å². The van der Waals surface area contributed by atoms with Crippen LogP contribution in [-0.2, 0) is 6.42 Å². The van der Waals surface area contributed by atoms with Crippen LogP contribution in [0, 0.1) is 0 Å². The topological polar surface area (TPSA) is 29.1 Å². The maximum atomic E-state index is 12.9. The van der Waals surface area contributed by atoms with Gasteiger partial charge >= 0.3 is 0 Å². The number of nitrogens with one attached hydrogen (secondary N) is 1. The van der Waals surface area contributed by atoms with Gasteiger partial charge < -0.3 is 5.32 Å². The first-order valence-corrected chi connectivity index (χ1v) is 7.19. The van der Waals surface area contributed by atoms with Gasteiger partial charge in [-0.15, -0.1) is 0 Å². The zero-order chi connectivity index (χ0) is 13.8. The van der Waals surface area contributed by atoms with Gasteiger partial charge in [-0.3, -0.25) is 4.79 Å². The number of Topliss-reactive ketones (excluding diaryl/α,β-unsaturated/α-hetero) is 1. The van der Waals surface area contributed by atoms with Crippen LogP contribution in [0.5, 0.6) is 0 Å². The molecule has 20 heavy (non-hydrogen) atoms. The van der Waals surface area contributed by atoms with Crippen LogP contribution in [0.1, 0.15) is 28.8 Å². The third kappa shape index (κ3) is 2.52. The zero-order valence-electron chi connectivity index (χ0n) is 11.5. The molecule has 1 aliphatic heterocycles. The molecular weight excluding hydrogens is 246 g/mol. The number of rotatable bonds is 4. The zero-order valence-corrected chi connectivity index (χ0v) is 11.5. The molecule has 0 aliphatic carbocycles. The minimum atomic E-state index is -0.428. The SMILES string of the molecule is O=C(c1ccccc1)[C@]1(Cc2ccccc2)CCCN1. The highest BCUT2D eigenvalue weighted by Crippen LogP contribution is 2.28. The van der Waals surface area contributed by atoms with Gasteiger partial charge in [0.15, 0.2) is 5.78 Å². The maximum absolute atomic E-state index is 12.9. The molecule has 0 saturated carbocycles. The molecule has 2 nitrogen and oxygen atoms in total. The van der Waals surface area contributed by atoms with Gasteiger partial charge in [-0.25, -0.2) is 0 Å². The van der Waals surface area contributed by atoms with Crippen LogP contribution >= 0.6 is 0 Å². The fourth-order valence-corrected chi connectivity index (χ4v) is 3.04. The van der Waals surface area contributed by atoms with Crippen LogP contribution in [0.15, 0.2) is 60.7 Å². The third-order valence-electron chi connectivity index (χ3n) is 4.06. The van der Waals surface area contributed by atoms with Gasteiger partial charge in [-0.2, -0.15) is 0 Å². The van der Waals surface area contributed by atoms with Crippen LogP contribution in [-0.4, -0.2) is 17.9 Å². The fourth-order valence-electron chi connectivity index (χ4n) is 3.04. The Hall–Kier alpha value is -1.93. The smallest absolute Gasteiger partial charge is 0.183 e. The van der Waals surface area contributed by atoms with E-state index in [0.717, 1.165) is 31.4 Å². The summed E-state index contributed by atoms with van der Waals surface area (Å²) < 4.78 is 0. The summed E-state index contributed by atoms with van der Waals surface area (Å²) in [5.74, 6) is 0.222. The molecule has 1 saturated heterocycles. The first kappa shape index (κ1) is 13.1. The second-order valence-electron chi connectivity index (χ2n) is 5.47. The Kier molecular flexibility index (Phi) is 3.66. The van der Waals surface area contributed by atoms with Crippen LogP contribution < -0.4 is 5.32 Å². The van der Waals surface area contributed by atoms with E-state index in [1.807, 2.05) is 48.5 Å². The highest BCUT2D eigenvalue weighted by molar-refractivity contribution is 6.03. The molecule has 0 radical (unpaired) electrons. The van der Waals surface area contributed by atoms with E-state index in [0.29, 0.717) is 0 Å². The van der Waals surface area contributed by atoms with Crippen molar-refractivity contribution in [1.29, 1.82) is 0 Å². The Balaban J connectivity index is 1.90. The summed E-state index contributed by atoms with van der Waals surface area (Å²) in [6.07, 6.45) is 2.74. The Morgan fingerprint density at radius 2 is 1.65 bits per heavy atom. The second-order valence-corrected chi connectivity index (χ2v) is 5.47. The van der Waals surface area contributed by atoms with E-state index in [1.165, 1.54) is 5.56 Å². The number of carbonyl (C=O) groups is 1. The van der Waals surface area contributed by atoms with E-state index in [4.69, 9.17) is 0 Å². The fraction of sp³-hybridized carbons (Fsp3) is 0.278. The summed E-state index contributed by atoms with van der Waals surface area (Å²) in [5.41, 5.74) is 1.59. The minimum Gasteiger partial charge on any atom is -0.304 e. The van der Waals surface area contributed by atoms with Gasteiger partial charge in [0.05, 0.1) is 5.54 Å². The molecule has 2 aromatic carbocycles. The van der Waals surface area contributed by atoms with E-state index >= 15 is 0 Å². The molecule has 2 aromatic rings. The quantitative estimate of drug-likeness (QED) is 0.860. The van der Waals surface area contributed by atoms with Gasteiger partial charge in [0.25, 0.3) is 0 Å². The number of ketones is 1. The lowest BCUT2D eigenvalue weighted by molar-refractivity contribution is 0.0867. The molecule has 3 rings (SSSR count). The molecule has 1 N–H and O–H groups in total. The van der Waals surface area contributed by atoms with Crippen molar-refractivity contribution in [1.82, 2.24) is 5.32 Å². The second kappa shape index (κ2) is 5.59. The van der Waals surface area contributed by atoms with Crippen molar-refractivity contribution < 1.29 is 4.79 Å². The first-order chi connectivity index (χ1) is 9.80. The highest BCUT2D eigenvalue weighted by atomic mass is 16.1. The Morgan fingerprint density at radius 3 is 2.25 bits per heavy atom. The van der Waals surface area contributed by atoms with E-state index in [2.05, 4.69) is 17.4 Å². The van der Waals surface area contributed by atoms with Gasteiger partial charge in [0, 0.05) is 5.56 Å². The van der Waals surface area contributed by atoms with Gasteiger partial charge in [0.2, 0.25) is 0 Å². The van der Waals surface area contributed by atoms with Crippen molar-refractivity contribution in [3.63, 3.8) is 0 Å². The van der Waals surface area contributed by atoms with E-state index < -0.39 is 5.54 Å². The summed E-state index contributed by atoms with van der Waals surface area (Å²) in [6.45, 7) is 0.922. The lowest BCUT2D eigenvalue weighted by Gasteiger charge is -2.28. The molecule has 1 atom stereocenters. The van der Waals surface area contributed by atoms with Gasteiger partial charge in [-0.1, -0.05) is 60.7 Å². The molecule has 0 aromatic heterocycles. The average Bonchev–Trinajstić information content (AvgIpc) is 2.98. The van der Waals surface area contributed by atoms with Crippen molar-refractivity contribution in [2.75, 3.05) is 6.54 Å². The van der Waals surface area contributed by atoms with Gasteiger partial charge in [-0.05, 0) is 31.4 Å². The summed E-state index contributed by atoms with van der Waals surface area (Å²) in [7, 11) is 0. The molecule has 0 bridgehead atoms. The average molecular weight is 265 g/mol. The normalized spacial score (nSPS) is 21.8.